The van der Waals surface area contributed by atoms with Gasteiger partial charge in [0.05, 0.1) is 11.0 Å². The third-order valence-corrected chi connectivity index (χ3v) is 7.75. The van der Waals surface area contributed by atoms with E-state index in [0.29, 0.717) is 0 Å². The molecule has 0 fully saturated rings. The Hall–Kier alpha value is -5.74. The van der Waals surface area contributed by atoms with Gasteiger partial charge in [-0.25, -0.2) is 4.98 Å². The zero-order valence-corrected chi connectivity index (χ0v) is 22.7. The number of pyridine rings is 1. The summed E-state index contributed by atoms with van der Waals surface area (Å²) in [5, 5.41) is 4.28. The van der Waals surface area contributed by atoms with Crippen LogP contribution in [0.3, 0.4) is 0 Å². The molecule has 0 saturated carbocycles. The van der Waals surface area contributed by atoms with Crippen LogP contribution in [0.1, 0.15) is 0 Å². The Bertz CT molecular complexity index is 2150. The molecule has 0 unspecified atom stereocenters. The lowest BCUT2D eigenvalue weighted by Crippen LogP contribution is -1.97. The van der Waals surface area contributed by atoms with Crippen molar-refractivity contribution >= 4 is 32.6 Å². The van der Waals surface area contributed by atoms with E-state index in [9.17, 15) is 0 Å². The Balaban J connectivity index is 1.25. The zero-order chi connectivity index (χ0) is 27.9. The van der Waals surface area contributed by atoms with Crippen molar-refractivity contribution in [2.24, 2.45) is 0 Å². The van der Waals surface area contributed by atoms with E-state index in [2.05, 4.69) is 113 Å². The minimum Gasteiger partial charge on any atom is -0.456 e. The molecule has 0 amide bonds. The van der Waals surface area contributed by atoms with Crippen molar-refractivity contribution in [2.75, 3.05) is 0 Å². The summed E-state index contributed by atoms with van der Waals surface area (Å²) < 4.78 is 8.92. The SMILES string of the molecule is c1ccc(-c2c3ccccc3c(Oc3ccc(-c4nc5ccccc5n4-c4ccccc4)cc3)c3ccncc23)cc1. The fraction of sp³-hybridized carbons (Fsp3) is 0. The highest BCUT2D eigenvalue weighted by Crippen LogP contribution is 2.44. The molecule has 0 aliphatic heterocycles. The van der Waals surface area contributed by atoms with Gasteiger partial charge in [-0.05, 0) is 71.1 Å². The smallest absolute Gasteiger partial charge is 0.145 e. The molecule has 0 saturated heterocycles. The molecule has 8 aromatic rings. The molecule has 4 nitrogen and oxygen atoms in total. The minimum absolute atomic E-state index is 0.761. The van der Waals surface area contributed by atoms with Crippen LogP contribution in [-0.4, -0.2) is 14.5 Å². The van der Waals surface area contributed by atoms with E-state index >= 15 is 0 Å². The number of ether oxygens (including phenoxy) is 1. The molecule has 42 heavy (non-hydrogen) atoms. The number of fused-ring (bicyclic) bond motifs is 3. The summed E-state index contributed by atoms with van der Waals surface area (Å²) in [5.41, 5.74) is 6.44. The van der Waals surface area contributed by atoms with Crippen LogP contribution < -0.4 is 4.74 Å². The number of hydrogen-bond acceptors (Lipinski definition) is 3. The van der Waals surface area contributed by atoms with Crippen LogP contribution in [0.25, 0.3) is 60.8 Å². The number of benzene rings is 6. The van der Waals surface area contributed by atoms with Crippen LogP contribution in [0.2, 0.25) is 0 Å². The Morgan fingerprint density at radius 3 is 2.00 bits per heavy atom. The van der Waals surface area contributed by atoms with Crippen molar-refractivity contribution in [1.29, 1.82) is 0 Å². The Kier molecular flexibility index (Phi) is 5.75. The summed E-state index contributed by atoms with van der Waals surface area (Å²) in [6.45, 7) is 0. The van der Waals surface area contributed by atoms with Crippen LogP contribution in [-0.2, 0) is 0 Å². The summed E-state index contributed by atoms with van der Waals surface area (Å²) in [7, 11) is 0. The summed E-state index contributed by atoms with van der Waals surface area (Å²) in [6, 6.07) is 47.8. The molecule has 0 bridgehead atoms. The van der Waals surface area contributed by atoms with Crippen LogP contribution in [0.4, 0.5) is 0 Å². The van der Waals surface area contributed by atoms with Crippen molar-refractivity contribution in [3.63, 3.8) is 0 Å². The largest absolute Gasteiger partial charge is 0.456 e. The van der Waals surface area contributed by atoms with E-state index in [0.717, 1.165) is 72.3 Å². The standard InChI is InChI=1S/C38H25N3O/c1-3-11-26(12-4-1)36-30-15-7-8-16-31(30)37(32-23-24-39-25-33(32)36)42-29-21-19-27(20-22-29)38-40-34-17-9-10-18-35(34)41(38)28-13-5-2-6-14-28/h1-25H. The first-order valence-corrected chi connectivity index (χ1v) is 14.0. The third kappa shape index (κ3) is 4.01. The van der Waals surface area contributed by atoms with Crippen molar-refractivity contribution in [3.8, 4) is 39.7 Å². The summed E-state index contributed by atoms with van der Waals surface area (Å²) in [6.07, 6.45) is 3.77. The lowest BCUT2D eigenvalue weighted by Gasteiger charge is -2.17. The molecule has 4 heteroatoms. The van der Waals surface area contributed by atoms with Crippen LogP contribution in [0, 0.1) is 0 Å². The van der Waals surface area contributed by atoms with Gasteiger partial charge < -0.3 is 4.74 Å². The second-order valence-corrected chi connectivity index (χ2v) is 10.3. The molecule has 198 valence electrons. The van der Waals surface area contributed by atoms with E-state index in [1.165, 1.54) is 0 Å². The molecule has 0 spiro atoms. The molecular formula is C38H25N3O. The molecular weight excluding hydrogens is 514 g/mol. The Morgan fingerprint density at radius 2 is 1.19 bits per heavy atom. The molecule has 0 radical (unpaired) electrons. The second kappa shape index (κ2) is 10.0. The molecule has 0 aliphatic carbocycles. The van der Waals surface area contributed by atoms with Crippen LogP contribution in [0.15, 0.2) is 152 Å². The van der Waals surface area contributed by atoms with E-state index in [4.69, 9.17) is 9.72 Å². The highest BCUT2D eigenvalue weighted by atomic mass is 16.5. The summed E-state index contributed by atoms with van der Waals surface area (Å²) in [4.78, 5) is 9.49. The lowest BCUT2D eigenvalue weighted by molar-refractivity contribution is 0.494. The molecule has 0 N–H and O–H groups in total. The van der Waals surface area contributed by atoms with Gasteiger partial charge in [-0.2, -0.15) is 0 Å². The van der Waals surface area contributed by atoms with Gasteiger partial charge in [-0.3, -0.25) is 9.55 Å². The van der Waals surface area contributed by atoms with Crippen LogP contribution >= 0.6 is 0 Å². The highest BCUT2D eigenvalue weighted by Gasteiger charge is 2.18. The Labute approximate surface area is 243 Å². The zero-order valence-electron chi connectivity index (χ0n) is 22.7. The monoisotopic (exact) mass is 539 g/mol. The number of para-hydroxylation sites is 3. The van der Waals surface area contributed by atoms with Crippen molar-refractivity contribution < 1.29 is 4.74 Å². The lowest BCUT2D eigenvalue weighted by atomic mass is 9.92. The van der Waals surface area contributed by atoms with Gasteiger partial charge in [0, 0.05) is 39.8 Å². The van der Waals surface area contributed by atoms with E-state index in [1.54, 1.807) is 0 Å². The third-order valence-electron chi connectivity index (χ3n) is 7.75. The maximum absolute atomic E-state index is 6.71. The average Bonchev–Trinajstić information content (AvgIpc) is 3.45. The van der Waals surface area contributed by atoms with Gasteiger partial charge in [0.1, 0.15) is 17.3 Å². The molecule has 2 aromatic heterocycles. The number of rotatable bonds is 5. The van der Waals surface area contributed by atoms with Crippen LogP contribution in [0.5, 0.6) is 11.5 Å². The molecule has 2 heterocycles. The van der Waals surface area contributed by atoms with Gasteiger partial charge >= 0.3 is 0 Å². The highest BCUT2D eigenvalue weighted by molar-refractivity contribution is 6.16. The topological polar surface area (TPSA) is 39.9 Å². The van der Waals surface area contributed by atoms with Gasteiger partial charge in [0.2, 0.25) is 0 Å². The normalized spacial score (nSPS) is 11.3. The first-order valence-electron chi connectivity index (χ1n) is 14.0. The number of hydrogen-bond donors (Lipinski definition) is 0. The molecule has 0 aliphatic rings. The molecule has 0 atom stereocenters. The van der Waals surface area contributed by atoms with E-state index in [-0.39, 0.29) is 0 Å². The number of aromatic nitrogens is 3. The van der Waals surface area contributed by atoms with Crippen molar-refractivity contribution in [2.45, 2.75) is 0 Å². The fourth-order valence-corrected chi connectivity index (χ4v) is 5.85. The van der Waals surface area contributed by atoms with Gasteiger partial charge in [-0.1, -0.05) is 84.9 Å². The van der Waals surface area contributed by atoms with E-state index < -0.39 is 0 Å². The first kappa shape index (κ1) is 24.1. The van der Waals surface area contributed by atoms with Gasteiger partial charge in [0.25, 0.3) is 0 Å². The fourth-order valence-electron chi connectivity index (χ4n) is 5.85. The Morgan fingerprint density at radius 1 is 0.524 bits per heavy atom. The quantitative estimate of drug-likeness (QED) is 0.204. The van der Waals surface area contributed by atoms with E-state index in [1.807, 2.05) is 48.8 Å². The average molecular weight is 540 g/mol. The number of nitrogens with zero attached hydrogens (tertiary/aromatic N) is 3. The molecule has 8 rings (SSSR count). The summed E-state index contributed by atoms with van der Waals surface area (Å²) in [5.74, 6) is 2.48. The summed E-state index contributed by atoms with van der Waals surface area (Å²) >= 11 is 0. The van der Waals surface area contributed by atoms with Crippen molar-refractivity contribution in [3.05, 3.63) is 152 Å². The minimum atomic E-state index is 0.761. The number of imidazole rings is 1. The second-order valence-electron chi connectivity index (χ2n) is 10.3. The predicted octanol–water partition coefficient (Wildman–Crippen LogP) is 9.85. The maximum atomic E-state index is 6.71. The van der Waals surface area contributed by atoms with Gasteiger partial charge in [0.15, 0.2) is 0 Å². The van der Waals surface area contributed by atoms with Gasteiger partial charge in [-0.15, -0.1) is 0 Å². The predicted molar refractivity (Wildman–Crippen MR) is 171 cm³/mol. The maximum Gasteiger partial charge on any atom is 0.145 e. The van der Waals surface area contributed by atoms with Crippen molar-refractivity contribution in [1.82, 2.24) is 14.5 Å². The first-order chi connectivity index (χ1) is 20.8. The molecule has 6 aromatic carbocycles.